The summed E-state index contributed by atoms with van der Waals surface area (Å²) in [5.41, 5.74) is 2.28. The maximum Gasteiger partial charge on any atom is 0.0947 e. The van der Waals surface area contributed by atoms with Crippen LogP contribution in [0.5, 0.6) is 0 Å². The first kappa shape index (κ1) is 10.8. The highest BCUT2D eigenvalue weighted by Crippen LogP contribution is 2.15. The molecular weight excluding hydrogens is 200 g/mol. The van der Waals surface area contributed by atoms with Gasteiger partial charge in [0.1, 0.15) is 0 Å². The van der Waals surface area contributed by atoms with Crippen molar-refractivity contribution in [3.05, 3.63) is 48.3 Å². The van der Waals surface area contributed by atoms with Crippen LogP contribution in [0, 0.1) is 0 Å². The third-order valence-corrected chi connectivity index (χ3v) is 2.59. The van der Waals surface area contributed by atoms with Gasteiger partial charge >= 0.3 is 0 Å². The van der Waals surface area contributed by atoms with Crippen molar-refractivity contribution in [3.8, 4) is 0 Å². The number of nitrogens with one attached hydrogen (secondary N) is 1. The second kappa shape index (κ2) is 4.90. The largest absolute Gasteiger partial charge is 0.340 e. The fourth-order valence-corrected chi connectivity index (χ4v) is 1.72. The number of rotatable bonds is 4. The average Bonchev–Trinajstić information content (AvgIpc) is 2.74. The summed E-state index contributed by atoms with van der Waals surface area (Å²) in [6.07, 6.45) is 8.45. The second-order valence-corrected chi connectivity index (χ2v) is 3.87. The summed E-state index contributed by atoms with van der Waals surface area (Å²) in [7, 11) is 3.93. The first-order chi connectivity index (χ1) is 7.79. The Kier molecular flexibility index (Phi) is 3.31. The van der Waals surface area contributed by atoms with Gasteiger partial charge in [-0.05, 0) is 25.1 Å². The summed E-state index contributed by atoms with van der Waals surface area (Å²) in [5.74, 6) is 0. The summed E-state index contributed by atoms with van der Waals surface area (Å²) in [5, 5.41) is 3.28. The normalized spacial score (nSPS) is 12.6. The molecule has 2 aromatic heterocycles. The molecule has 0 radical (unpaired) electrons. The molecule has 1 unspecified atom stereocenters. The molecule has 0 fully saturated rings. The molecule has 1 atom stereocenters. The minimum atomic E-state index is 0.241. The Bertz CT molecular complexity index is 435. The van der Waals surface area contributed by atoms with Crippen LogP contribution in [0.2, 0.25) is 0 Å². The van der Waals surface area contributed by atoms with Crippen LogP contribution in [0.1, 0.15) is 17.3 Å². The SMILES string of the molecule is CNC(Cc1cccnc1)c1cn(C)cn1. The lowest BCUT2D eigenvalue weighted by molar-refractivity contribution is 0.577. The van der Waals surface area contributed by atoms with E-state index in [1.54, 1.807) is 6.20 Å². The molecule has 0 bridgehead atoms. The molecule has 2 rings (SSSR count). The van der Waals surface area contributed by atoms with Gasteiger partial charge in [0.2, 0.25) is 0 Å². The number of nitrogens with zero attached hydrogens (tertiary/aromatic N) is 3. The van der Waals surface area contributed by atoms with E-state index >= 15 is 0 Å². The van der Waals surface area contributed by atoms with Crippen LogP contribution >= 0.6 is 0 Å². The van der Waals surface area contributed by atoms with E-state index in [1.807, 2.05) is 43.4 Å². The molecule has 0 spiro atoms. The van der Waals surface area contributed by atoms with Crippen molar-refractivity contribution in [2.24, 2.45) is 7.05 Å². The molecule has 1 N–H and O–H groups in total. The Morgan fingerprint density at radius 1 is 1.50 bits per heavy atom. The van der Waals surface area contributed by atoms with Crippen LogP contribution in [0.4, 0.5) is 0 Å². The molecule has 2 aromatic rings. The number of pyridine rings is 1. The van der Waals surface area contributed by atoms with E-state index in [9.17, 15) is 0 Å². The van der Waals surface area contributed by atoms with Gasteiger partial charge in [-0.3, -0.25) is 4.98 Å². The molecule has 0 aliphatic carbocycles. The molecule has 0 aliphatic heterocycles. The molecule has 4 heteroatoms. The predicted octanol–water partition coefficient (Wildman–Crippen LogP) is 1.32. The van der Waals surface area contributed by atoms with E-state index in [0.717, 1.165) is 12.1 Å². The maximum absolute atomic E-state index is 4.36. The van der Waals surface area contributed by atoms with Gasteiger partial charge in [-0.2, -0.15) is 0 Å². The minimum absolute atomic E-state index is 0.241. The van der Waals surface area contributed by atoms with Crippen molar-refractivity contribution >= 4 is 0 Å². The van der Waals surface area contributed by atoms with E-state index in [0.29, 0.717) is 0 Å². The van der Waals surface area contributed by atoms with Crippen LogP contribution in [0.3, 0.4) is 0 Å². The van der Waals surface area contributed by atoms with Crippen LogP contribution in [-0.4, -0.2) is 21.6 Å². The zero-order chi connectivity index (χ0) is 11.4. The van der Waals surface area contributed by atoms with Crippen LogP contribution in [0.15, 0.2) is 37.1 Å². The van der Waals surface area contributed by atoms with Crippen molar-refractivity contribution in [3.63, 3.8) is 0 Å². The summed E-state index contributed by atoms with van der Waals surface area (Å²) in [4.78, 5) is 8.48. The highest BCUT2D eigenvalue weighted by atomic mass is 15.0. The summed E-state index contributed by atoms with van der Waals surface area (Å²) >= 11 is 0. The van der Waals surface area contributed by atoms with E-state index in [-0.39, 0.29) is 6.04 Å². The van der Waals surface area contributed by atoms with E-state index in [4.69, 9.17) is 0 Å². The highest BCUT2D eigenvalue weighted by Gasteiger charge is 2.12. The monoisotopic (exact) mass is 216 g/mol. The van der Waals surface area contributed by atoms with Gasteiger partial charge in [-0.15, -0.1) is 0 Å². The number of aryl methyl sites for hydroxylation is 1. The average molecular weight is 216 g/mol. The highest BCUT2D eigenvalue weighted by molar-refractivity contribution is 5.14. The second-order valence-electron chi connectivity index (χ2n) is 3.87. The predicted molar refractivity (Wildman–Crippen MR) is 62.9 cm³/mol. The molecule has 84 valence electrons. The van der Waals surface area contributed by atoms with Crippen molar-refractivity contribution in [2.45, 2.75) is 12.5 Å². The molecule has 16 heavy (non-hydrogen) atoms. The molecule has 0 amide bonds. The van der Waals surface area contributed by atoms with Crippen LogP contribution < -0.4 is 5.32 Å². The van der Waals surface area contributed by atoms with E-state index in [2.05, 4.69) is 21.4 Å². The van der Waals surface area contributed by atoms with Gasteiger partial charge in [0.05, 0.1) is 18.1 Å². The fourth-order valence-electron chi connectivity index (χ4n) is 1.72. The lowest BCUT2D eigenvalue weighted by Crippen LogP contribution is -2.19. The Morgan fingerprint density at radius 2 is 2.38 bits per heavy atom. The standard InChI is InChI=1S/C12H16N4/c1-13-11(12-8-16(2)9-15-12)6-10-4-3-5-14-7-10/h3-5,7-9,11,13H,6H2,1-2H3. The van der Waals surface area contributed by atoms with Gasteiger partial charge in [-0.1, -0.05) is 6.07 Å². The summed E-state index contributed by atoms with van der Waals surface area (Å²) < 4.78 is 1.96. The van der Waals surface area contributed by atoms with Gasteiger partial charge in [-0.25, -0.2) is 4.98 Å². The zero-order valence-electron chi connectivity index (χ0n) is 9.59. The van der Waals surface area contributed by atoms with Crippen molar-refractivity contribution in [1.82, 2.24) is 19.9 Å². The van der Waals surface area contributed by atoms with Crippen LogP contribution in [-0.2, 0) is 13.5 Å². The number of aromatic nitrogens is 3. The van der Waals surface area contributed by atoms with Crippen molar-refractivity contribution < 1.29 is 0 Å². The van der Waals surface area contributed by atoms with Gasteiger partial charge in [0.15, 0.2) is 0 Å². The molecule has 2 heterocycles. The van der Waals surface area contributed by atoms with Crippen LogP contribution in [0.25, 0.3) is 0 Å². The minimum Gasteiger partial charge on any atom is -0.340 e. The third kappa shape index (κ3) is 2.46. The van der Waals surface area contributed by atoms with Gasteiger partial charge in [0, 0.05) is 25.6 Å². The Morgan fingerprint density at radius 3 is 2.94 bits per heavy atom. The van der Waals surface area contributed by atoms with E-state index in [1.165, 1.54) is 5.56 Å². The lowest BCUT2D eigenvalue weighted by Gasteiger charge is -2.13. The topological polar surface area (TPSA) is 42.7 Å². The Labute approximate surface area is 95.4 Å². The molecule has 0 aliphatic rings. The molecular formula is C12H16N4. The quantitative estimate of drug-likeness (QED) is 0.838. The van der Waals surface area contributed by atoms with Gasteiger partial charge in [0.25, 0.3) is 0 Å². The smallest absolute Gasteiger partial charge is 0.0947 e. The fraction of sp³-hybridized carbons (Fsp3) is 0.333. The molecule has 0 aromatic carbocycles. The molecule has 0 saturated heterocycles. The summed E-state index contributed by atoms with van der Waals surface area (Å²) in [6, 6.07) is 4.28. The first-order valence-corrected chi connectivity index (χ1v) is 5.33. The number of imidazole rings is 1. The first-order valence-electron chi connectivity index (χ1n) is 5.33. The number of hydrogen-bond donors (Lipinski definition) is 1. The Balaban J connectivity index is 2.12. The van der Waals surface area contributed by atoms with Crippen molar-refractivity contribution in [1.29, 1.82) is 0 Å². The van der Waals surface area contributed by atoms with Crippen molar-refractivity contribution in [2.75, 3.05) is 7.05 Å². The zero-order valence-corrected chi connectivity index (χ0v) is 9.59. The Hall–Kier alpha value is -1.68. The molecule has 0 saturated carbocycles. The lowest BCUT2D eigenvalue weighted by atomic mass is 10.1. The number of likely N-dealkylation sites (N-methyl/N-ethyl adjacent to an activating group) is 1. The third-order valence-electron chi connectivity index (χ3n) is 2.59. The molecule has 4 nitrogen and oxygen atoms in total. The summed E-state index contributed by atoms with van der Waals surface area (Å²) in [6.45, 7) is 0. The van der Waals surface area contributed by atoms with E-state index < -0.39 is 0 Å². The number of hydrogen-bond acceptors (Lipinski definition) is 3. The maximum atomic E-state index is 4.36. The van der Waals surface area contributed by atoms with Gasteiger partial charge < -0.3 is 9.88 Å².